The Balaban J connectivity index is 2.15. The van der Waals surface area contributed by atoms with Crippen molar-refractivity contribution in [2.75, 3.05) is 18.0 Å². The molecule has 7 heteroatoms. The van der Waals surface area contributed by atoms with Crippen molar-refractivity contribution >= 4 is 11.9 Å². The molecule has 1 aromatic rings. The second-order valence-electron chi connectivity index (χ2n) is 3.64. The summed E-state index contributed by atoms with van der Waals surface area (Å²) in [7, 11) is 0. The van der Waals surface area contributed by atoms with Crippen molar-refractivity contribution in [3.05, 3.63) is 18.2 Å². The maximum absolute atomic E-state index is 13.7. The Bertz CT molecular complexity index is 412. The second kappa shape index (κ2) is 3.66. The van der Waals surface area contributed by atoms with E-state index in [9.17, 15) is 13.6 Å². The predicted octanol–water partition coefficient (Wildman–Crippen LogP) is 0.619. The second-order valence-corrected chi connectivity index (χ2v) is 3.64. The number of carboxylic acid groups (broad SMARTS) is 1. The number of carbonyl (C=O) groups is 1. The molecule has 0 spiro atoms. The van der Waals surface area contributed by atoms with Gasteiger partial charge >= 0.3 is 5.97 Å². The van der Waals surface area contributed by atoms with Gasteiger partial charge in [-0.2, -0.15) is 0 Å². The fourth-order valence-electron chi connectivity index (χ4n) is 1.59. The highest BCUT2D eigenvalue weighted by Gasteiger charge is 2.46. The summed E-state index contributed by atoms with van der Waals surface area (Å²) in [6, 6.07) is 0. The number of halogens is 2. The molecule has 16 heavy (non-hydrogen) atoms. The van der Waals surface area contributed by atoms with Crippen LogP contribution >= 0.6 is 0 Å². The van der Waals surface area contributed by atoms with Crippen molar-refractivity contribution in [2.24, 2.45) is 0 Å². The Morgan fingerprint density at radius 2 is 2.12 bits per heavy atom. The first-order valence-electron chi connectivity index (χ1n) is 4.66. The molecule has 1 saturated heterocycles. The van der Waals surface area contributed by atoms with E-state index in [2.05, 4.69) is 9.97 Å². The summed E-state index contributed by atoms with van der Waals surface area (Å²) in [5.41, 5.74) is -2.27. The average Bonchev–Trinajstić information content (AvgIpc) is 2.63. The van der Waals surface area contributed by atoms with Crippen LogP contribution in [0.25, 0.3) is 0 Å². The number of alkyl halides is 1. The predicted molar refractivity (Wildman–Crippen MR) is 50.3 cm³/mol. The van der Waals surface area contributed by atoms with Crippen LogP contribution in [-0.2, 0) is 4.79 Å². The number of aromatic nitrogens is 2. The highest BCUT2D eigenvalue weighted by Crippen LogP contribution is 2.27. The van der Waals surface area contributed by atoms with Crippen molar-refractivity contribution in [2.45, 2.75) is 12.1 Å². The van der Waals surface area contributed by atoms with Crippen LogP contribution in [0.4, 0.5) is 14.7 Å². The zero-order chi connectivity index (χ0) is 11.8. The highest BCUT2D eigenvalue weighted by atomic mass is 19.1. The van der Waals surface area contributed by atoms with Crippen molar-refractivity contribution in [1.29, 1.82) is 0 Å². The van der Waals surface area contributed by atoms with Crippen molar-refractivity contribution in [3.8, 4) is 0 Å². The zero-order valence-corrected chi connectivity index (χ0v) is 8.23. The molecular weight excluding hydrogens is 220 g/mol. The van der Waals surface area contributed by atoms with Gasteiger partial charge in [0.05, 0.1) is 18.9 Å². The minimum atomic E-state index is -2.27. The van der Waals surface area contributed by atoms with Crippen LogP contribution < -0.4 is 4.90 Å². The molecule has 2 rings (SSSR count). The van der Waals surface area contributed by atoms with Crippen LogP contribution in [0.15, 0.2) is 12.4 Å². The fraction of sp³-hybridized carbons (Fsp3) is 0.444. The van der Waals surface area contributed by atoms with Gasteiger partial charge in [0.25, 0.3) is 0 Å². The number of carboxylic acids is 1. The minimum Gasteiger partial charge on any atom is -0.479 e. The third-order valence-corrected chi connectivity index (χ3v) is 2.49. The first kappa shape index (κ1) is 10.7. The number of rotatable bonds is 2. The maximum atomic E-state index is 13.7. The number of hydrogen-bond donors (Lipinski definition) is 1. The molecule has 0 aliphatic carbocycles. The van der Waals surface area contributed by atoms with Crippen LogP contribution in [0.3, 0.4) is 0 Å². The largest absolute Gasteiger partial charge is 0.479 e. The topological polar surface area (TPSA) is 66.3 Å². The zero-order valence-electron chi connectivity index (χ0n) is 8.23. The Morgan fingerprint density at radius 1 is 1.50 bits per heavy atom. The molecule has 1 aromatic heterocycles. The monoisotopic (exact) mass is 229 g/mol. The van der Waals surface area contributed by atoms with Crippen LogP contribution in [0.2, 0.25) is 0 Å². The molecule has 1 aliphatic heterocycles. The van der Waals surface area contributed by atoms with Gasteiger partial charge in [-0.25, -0.2) is 23.5 Å². The summed E-state index contributed by atoms with van der Waals surface area (Å²) >= 11 is 0. The first-order chi connectivity index (χ1) is 7.51. The van der Waals surface area contributed by atoms with Gasteiger partial charge in [0.15, 0.2) is 5.82 Å². The molecule has 0 amide bonds. The van der Waals surface area contributed by atoms with Gasteiger partial charge in [0, 0.05) is 13.0 Å². The number of hydrogen-bond acceptors (Lipinski definition) is 4. The Hall–Kier alpha value is -1.79. The van der Waals surface area contributed by atoms with Gasteiger partial charge in [-0.1, -0.05) is 0 Å². The Labute approximate surface area is 89.7 Å². The van der Waals surface area contributed by atoms with Crippen LogP contribution in [0, 0.1) is 5.82 Å². The Kier molecular flexibility index (Phi) is 2.45. The lowest BCUT2D eigenvalue weighted by atomic mass is 10.1. The van der Waals surface area contributed by atoms with Gasteiger partial charge in [-0.3, -0.25) is 0 Å². The van der Waals surface area contributed by atoms with Crippen molar-refractivity contribution < 1.29 is 18.7 Å². The molecule has 86 valence electrons. The SMILES string of the molecule is O=C(O)C1(F)CCN(c2ncc(F)cn2)C1. The van der Waals surface area contributed by atoms with E-state index in [0.29, 0.717) is 0 Å². The van der Waals surface area contributed by atoms with E-state index >= 15 is 0 Å². The molecule has 0 saturated carbocycles. The van der Waals surface area contributed by atoms with Gasteiger partial charge < -0.3 is 10.0 Å². The van der Waals surface area contributed by atoms with Crippen molar-refractivity contribution in [1.82, 2.24) is 9.97 Å². The van der Waals surface area contributed by atoms with E-state index in [-0.39, 0.29) is 25.5 Å². The average molecular weight is 229 g/mol. The lowest BCUT2D eigenvalue weighted by Crippen LogP contribution is -2.37. The van der Waals surface area contributed by atoms with E-state index in [0.717, 1.165) is 12.4 Å². The van der Waals surface area contributed by atoms with Gasteiger partial charge in [0.1, 0.15) is 0 Å². The third kappa shape index (κ3) is 1.80. The number of anilines is 1. The summed E-state index contributed by atoms with van der Waals surface area (Å²) in [5.74, 6) is -1.94. The summed E-state index contributed by atoms with van der Waals surface area (Å²) in [6.45, 7) is -0.109. The molecule has 0 bridgehead atoms. The highest BCUT2D eigenvalue weighted by molar-refractivity contribution is 5.79. The molecule has 1 atom stereocenters. The molecule has 0 radical (unpaired) electrons. The maximum Gasteiger partial charge on any atom is 0.343 e. The number of aliphatic carboxylic acids is 1. The van der Waals surface area contributed by atoms with E-state index in [4.69, 9.17) is 5.11 Å². The van der Waals surface area contributed by atoms with E-state index < -0.39 is 17.5 Å². The van der Waals surface area contributed by atoms with Gasteiger partial charge in [-0.05, 0) is 0 Å². The fourth-order valence-corrected chi connectivity index (χ4v) is 1.59. The van der Waals surface area contributed by atoms with Crippen LogP contribution in [0.1, 0.15) is 6.42 Å². The summed E-state index contributed by atoms with van der Waals surface area (Å²) in [6.07, 6.45) is 1.80. The normalized spacial score (nSPS) is 24.8. The smallest absolute Gasteiger partial charge is 0.343 e. The molecule has 0 aromatic carbocycles. The summed E-state index contributed by atoms with van der Waals surface area (Å²) in [5, 5.41) is 8.68. The molecule has 1 N–H and O–H groups in total. The molecule has 2 heterocycles. The van der Waals surface area contributed by atoms with E-state index in [1.165, 1.54) is 4.90 Å². The summed E-state index contributed by atoms with van der Waals surface area (Å²) in [4.78, 5) is 19.4. The lowest BCUT2D eigenvalue weighted by Gasteiger charge is -2.16. The summed E-state index contributed by atoms with van der Waals surface area (Å²) < 4.78 is 26.2. The van der Waals surface area contributed by atoms with Crippen molar-refractivity contribution in [3.63, 3.8) is 0 Å². The molecule has 5 nitrogen and oxygen atoms in total. The van der Waals surface area contributed by atoms with E-state index in [1.54, 1.807) is 0 Å². The molecular formula is C9H9F2N3O2. The number of nitrogens with zero attached hydrogens (tertiary/aromatic N) is 3. The molecule has 1 fully saturated rings. The quantitative estimate of drug-likeness (QED) is 0.805. The van der Waals surface area contributed by atoms with Gasteiger partial charge in [-0.15, -0.1) is 0 Å². The van der Waals surface area contributed by atoms with Gasteiger partial charge in [0.2, 0.25) is 11.6 Å². The molecule has 1 aliphatic rings. The van der Waals surface area contributed by atoms with E-state index in [1.807, 2.05) is 0 Å². The van der Waals surface area contributed by atoms with Crippen LogP contribution in [0.5, 0.6) is 0 Å². The lowest BCUT2D eigenvalue weighted by molar-refractivity contribution is -0.149. The standard InChI is InChI=1S/C9H9F2N3O2/c10-6-3-12-8(13-4-6)14-2-1-9(11,5-14)7(15)16/h3-4H,1-2,5H2,(H,15,16). The first-order valence-corrected chi connectivity index (χ1v) is 4.66. The minimum absolute atomic E-state index is 0.122. The Morgan fingerprint density at radius 3 is 2.62 bits per heavy atom. The molecule has 1 unspecified atom stereocenters. The van der Waals surface area contributed by atoms with Crippen LogP contribution in [-0.4, -0.2) is 39.8 Å². The third-order valence-electron chi connectivity index (χ3n) is 2.49.